The van der Waals surface area contributed by atoms with Gasteiger partial charge < -0.3 is 5.11 Å². The Morgan fingerprint density at radius 3 is 2.17 bits per heavy atom. The van der Waals surface area contributed by atoms with Crippen LogP contribution in [0.15, 0.2) is 54.6 Å². The summed E-state index contributed by atoms with van der Waals surface area (Å²) in [5.74, 6) is 2.29. The molecule has 1 N–H and O–H groups in total. The Kier molecular flexibility index (Phi) is 3.86. The van der Waals surface area contributed by atoms with Crippen molar-refractivity contribution in [2.24, 2.45) is 17.8 Å². The molecule has 29 heavy (non-hydrogen) atoms. The van der Waals surface area contributed by atoms with E-state index in [-0.39, 0.29) is 11.2 Å². The third kappa shape index (κ3) is 2.82. The number of fused-ring (bicyclic) bond motifs is 1. The molecule has 0 aliphatic heterocycles. The van der Waals surface area contributed by atoms with E-state index in [4.69, 9.17) is 4.98 Å². The fourth-order valence-corrected chi connectivity index (χ4v) is 7.03. The Balaban J connectivity index is 1.50. The lowest BCUT2D eigenvalue weighted by Crippen LogP contribution is -2.48. The number of benzene rings is 2. The monoisotopic (exact) mass is 387 g/mol. The Hall–Kier alpha value is -2.26. The first-order valence-electron chi connectivity index (χ1n) is 10.9. The molecular formula is C26H26FNO. The Labute approximate surface area is 170 Å². The van der Waals surface area contributed by atoms with Crippen molar-refractivity contribution in [1.29, 1.82) is 0 Å². The second-order valence-corrected chi connectivity index (χ2v) is 9.76. The number of halogens is 1. The van der Waals surface area contributed by atoms with Crippen LogP contribution in [0.5, 0.6) is 0 Å². The molecule has 1 atom stereocenters. The molecule has 4 fully saturated rings. The van der Waals surface area contributed by atoms with E-state index in [1.165, 1.54) is 61.6 Å². The van der Waals surface area contributed by atoms with Crippen molar-refractivity contribution in [3.05, 3.63) is 77.2 Å². The highest BCUT2D eigenvalue weighted by Crippen LogP contribution is 2.61. The maximum Gasteiger partial charge on any atom is 0.123 e. The predicted octanol–water partition coefficient (Wildman–Crippen LogP) is 5.92. The van der Waals surface area contributed by atoms with Crippen LogP contribution in [0.2, 0.25) is 0 Å². The lowest BCUT2D eigenvalue weighted by molar-refractivity contribution is -0.00460. The summed E-state index contributed by atoms with van der Waals surface area (Å²) in [5, 5.41) is 12.3. The van der Waals surface area contributed by atoms with Gasteiger partial charge in [0.2, 0.25) is 0 Å². The molecule has 4 bridgehead atoms. The summed E-state index contributed by atoms with van der Waals surface area (Å²) in [4.78, 5) is 4.82. The van der Waals surface area contributed by atoms with Crippen molar-refractivity contribution >= 4 is 10.9 Å². The quantitative estimate of drug-likeness (QED) is 0.605. The highest BCUT2D eigenvalue weighted by atomic mass is 19.1. The first-order valence-corrected chi connectivity index (χ1v) is 10.9. The van der Waals surface area contributed by atoms with Crippen molar-refractivity contribution in [3.8, 4) is 0 Å². The molecule has 7 rings (SSSR count). The zero-order chi connectivity index (χ0) is 19.6. The highest BCUT2D eigenvalue weighted by Gasteiger charge is 2.52. The van der Waals surface area contributed by atoms with Crippen molar-refractivity contribution < 1.29 is 9.50 Å². The van der Waals surface area contributed by atoms with E-state index in [9.17, 15) is 9.50 Å². The first-order chi connectivity index (χ1) is 14.1. The lowest BCUT2D eigenvalue weighted by atomic mass is 9.48. The third-order valence-electron chi connectivity index (χ3n) is 7.81. The van der Waals surface area contributed by atoms with Gasteiger partial charge in [0.15, 0.2) is 0 Å². The summed E-state index contributed by atoms with van der Waals surface area (Å²) in [5.41, 5.74) is 3.94. The maximum atomic E-state index is 13.4. The lowest BCUT2D eigenvalue weighted by Gasteiger charge is -2.57. The molecule has 4 saturated carbocycles. The summed E-state index contributed by atoms with van der Waals surface area (Å²) in [6, 6.07) is 16.7. The number of hydrogen-bond donors (Lipinski definition) is 1. The second-order valence-electron chi connectivity index (χ2n) is 9.76. The normalized spacial score (nSPS) is 31.3. The molecule has 0 spiro atoms. The van der Waals surface area contributed by atoms with E-state index in [2.05, 4.69) is 24.3 Å². The number of aliphatic hydroxyl groups is 1. The number of hydrogen-bond acceptors (Lipinski definition) is 2. The Morgan fingerprint density at radius 2 is 1.52 bits per heavy atom. The predicted molar refractivity (Wildman–Crippen MR) is 112 cm³/mol. The molecule has 148 valence electrons. The van der Waals surface area contributed by atoms with E-state index in [0.29, 0.717) is 11.3 Å². The average Bonchev–Trinajstić information content (AvgIpc) is 2.72. The fraction of sp³-hybridized carbons (Fsp3) is 0.423. The van der Waals surface area contributed by atoms with E-state index in [1.807, 2.05) is 6.07 Å². The van der Waals surface area contributed by atoms with Gasteiger partial charge in [-0.3, -0.25) is 0 Å². The standard InChI is InChI=1S/C26H26FNO/c27-20-7-5-19(6-8-20)25(29)24-12-22(21-3-1-2-4-23(21)28-24)26-13-16-9-17(14-26)11-18(10-16)15-26/h1-8,12,16-18,25,29H,9-11,13-15H2. The smallest absolute Gasteiger partial charge is 0.123 e. The molecule has 2 nitrogen and oxygen atoms in total. The van der Waals surface area contributed by atoms with Gasteiger partial charge in [-0.2, -0.15) is 0 Å². The molecular weight excluding hydrogens is 361 g/mol. The number of aliphatic hydroxyl groups excluding tert-OH is 1. The summed E-state index contributed by atoms with van der Waals surface area (Å²) >= 11 is 0. The molecule has 4 aliphatic carbocycles. The number of para-hydroxylation sites is 1. The number of pyridine rings is 1. The van der Waals surface area contributed by atoms with Crippen LogP contribution in [0.4, 0.5) is 4.39 Å². The van der Waals surface area contributed by atoms with Crippen LogP contribution in [-0.2, 0) is 5.41 Å². The largest absolute Gasteiger partial charge is 0.382 e. The number of aromatic nitrogens is 1. The maximum absolute atomic E-state index is 13.4. The van der Waals surface area contributed by atoms with Gasteiger partial charge in [-0.25, -0.2) is 9.37 Å². The molecule has 3 aromatic rings. The van der Waals surface area contributed by atoms with Crippen LogP contribution in [0.3, 0.4) is 0 Å². The van der Waals surface area contributed by atoms with Crippen molar-refractivity contribution in [3.63, 3.8) is 0 Å². The first kappa shape index (κ1) is 17.6. The molecule has 0 radical (unpaired) electrons. The van der Waals surface area contributed by atoms with Crippen LogP contribution < -0.4 is 0 Å². The summed E-state index contributed by atoms with van der Waals surface area (Å²) < 4.78 is 13.4. The van der Waals surface area contributed by atoms with Crippen LogP contribution in [0.1, 0.15) is 61.4 Å². The summed E-state index contributed by atoms with van der Waals surface area (Å²) in [7, 11) is 0. The molecule has 0 saturated heterocycles. The van der Waals surface area contributed by atoms with E-state index in [1.54, 1.807) is 12.1 Å². The molecule has 3 heteroatoms. The fourth-order valence-electron chi connectivity index (χ4n) is 7.03. The summed E-state index contributed by atoms with van der Waals surface area (Å²) in [6.45, 7) is 0. The van der Waals surface area contributed by atoms with E-state index >= 15 is 0 Å². The zero-order valence-corrected chi connectivity index (χ0v) is 16.5. The second kappa shape index (κ2) is 6.37. The third-order valence-corrected chi connectivity index (χ3v) is 7.81. The average molecular weight is 387 g/mol. The van der Waals surface area contributed by atoms with E-state index < -0.39 is 6.10 Å². The van der Waals surface area contributed by atoms with Gasteiger partial charge in [-0.1, -0.05) is 30.3 Å². The number of rotatable bonds is 3. The Morgan fingerprint density at radius 1 is 0.897 bits per heavy atom. The van der Waals surface area contributed by atoms with Crippen molar-refractivity contribution in [2.75, 3.05) is 0 Å². The van der Waals surface area contributed by atoms with Gasteiger partial charge in [-0.05, 0) is 97.1 Å². The van der Waals surface area contributed by atoms with Crippen molar-refractivity contribution in [2.45, 2.75) is 50.0 Å². The minimum atomic E-state index is -0.840. The zero-order valence-electron chi connectivity index (χ0n) is 16.5. The molecule has 1 unspecified atom stereocenters. The van der Waals surface area contributed by atoms with Crippen LogP contribution in [-0.4, -0.2) is 10.1 Å². The number of nitrogens with zero attached hydrogens (tertiary/aromatic N) is 1. The SMILES string of the molecule is OC(c1ccc(F)cc1)c1cc(C23CC4CC(CC(C4)C2)C3)c2ccccc2n1. The minimum Gasteiger partial charge on any atom is -0.382 e. The Bertz CT molecular complexity index is 1040. The molecule has 1 aromatic heterocycles. The van der Waals surface area contributed by atoms with Crippen molar-refractivity contribution in [1.82, 2.24) is 4.98 Å². The van der Waals surface area contributed by atoms with Gasteiger partial charge in [0.1, 0.15) is 11.9 Å². The molecule has 4 aliphatic rings. The van der Waals surface area contributed by atoms with Gasteiger partial charge in [0.25, 0.3) is 0 Å². The van der Waals surface area contributed by atoms with Gasteiger partial charge in [0.05, 0.1) is 11.2 Å². The summed E-state index contributed by atoms with van der Waals surface area (Å²) in [6.07, 6.45) is 7.22. The highest BCUT2D eigenvalue weighted by molar-refractivity contribution is 5.83. The van der Waals surface area contributed by atoms with E-state index in [0.717, 1.165) is 23.3 Å². The van der Waals surface area contributed by atoms with Gasteiger partial charge in [-0.15, -0.1) is 0 Å². The molecule has 0 amide bonds. The van der Waals surface area contributed by atoms with Crippen LogP contribution >= 0.6 is 0 Å². The topological polar surface area (TPSA) is 33.1 Å². The van der Waals surface area contributed by atoms with Gasteiger partial charge in [0, 0.05) is 5.39 Å². The molecule has 2 aromatic carbocycles. The minimum absolute atomic E-state index is 0.231. The molecule has 1 heterocycles. The van der Waals surface area contributed by atoms with Crippen LogP contribution in [0, 0.1) is 23.6 Å². The van der Waals surface area contributed by atoms with Crippen LogP contribution in [0.25, 0.3) is 10.9 Å². The van der Waals surface area contributed by atoms with Gasteiger partial charge >= 0.3 is 0 Å².